The summed E-state index contributed by atoms with van der Waals surface area (Å²) < 4.78 is 14.6. The van der Waals surface area contributed by atoms with Crippen LogP contribution in [0.1, 0.15) is 37.7 Å². The Morgan fingerprint density at radius 1 is 1.30 bits per heavy atom. The number of benzene rings is 1. The summed E-state index contributed by atoms with van der Waals surface area (Å²) in [5.41, 5.74) is 0.761. The zero-order chi connectivity index (χ0) is 14.1. The summed E-state index contributed by atoms with van der Waals surface area (Å²) in [4.78, 5) is 2.56. The highest BCUT2D eigenvalue weighted by Gasteiger charge is 2.35. The molecular formula is C16H22BrFN2. The van der Waals surface area contributed by atoms with E-state index in [1.165, 1.54) is 32.1 Å². The van der Waals surface area contributed by atoms with Gasteiger partial charge in [0.1, 0.15) is 5.82 Å². The van der Waals surface area contributed by atoms with Crippen molar-refractivity contribution in [3.63, 3.8) is 0 Å². The number of piperidine rings is 2. The van der Waals surface area contributed by atoms with Crippen molar-refractivity contribution < 1.29 is 4.39 Å². The minimum atomic E-state index is -0.125. The molecule has 0 amide bonds. The van der Waals surface area contributed by atoms with Gasteiger partial charge >= 0.3 is 0 Å². The molecule has 0 saturated carbocycles. The van der Waals surface area contributed by atoms with E-state index in [-0.39, 0.29) is 5.82 Å². The van der Waals surface area contributed by atoms with Crippen LogP contribution in [0.5, 0.6) is 0 Å². The summed E-state index contributed by atoms with van der Waals surface area (Å²) in [5, 5.41) is 3.57. The van der Waals surface area contributed by atoms with Crippen molar-refractivity contribution >= 4 is 15.9 Å². The van der Waals surface area contributed by atoms with Crippen LogP contribution in [-0.4, -0.2) is 30.1 Å². The zero-order valence-corrected chi connectivity index (χ0v) is 13.5. The van der Waals surface area contributed by atoms with Crippen LogP contribution in [-0.2, 0) is 6.54 Å². The fourth-order valence-electron chi connectivity index (χ4n) is 3.70. The molecule has 2 aliphatic rings. The van der Waals surface area contributed by atoms with Crippen molar-refractivity contribution in [1.29, 1.82) is 0 Å². The lowest BCUT2D eigenvalue weighted by atomic mass is 9.82. The number of fused-ring (bicyclic) bond motifs is 2. The van der Waals surface area contributed by atoms with E-state index in [4.69, 9.17) is 0 Å². The standard InChI is InChI=1S/C16H22BrFN2/c1-20-14-3-2-4-15(20)9-13(8-14)19-10-11-5-6-12(17)7-16(11)18/h5-7,13-15,19H,2-4,8-10H2,1H3. The van der Waals surface area contributed by atoms with Gasteiger partial charge in [-0.1, -0.05) is 28.4 Å². The van der Waals surface area contributed by atoms with Crippen LogP contribution in [0, 0.1) is 5.82 Å². The molecule has 1 aromatic carbocycles. The molecule has 2 bridgehead atoms. The maximum Gasteiger partial charge on any atom is 0.128 e. The highest BCUT2D eigenvalue weighted by molar-refractivity contribution is 9.10. The number of halogens is 2. The smallest absolute Gasteiger partial charge is 0.128 e. The second kappa shape index (κ2) is 6.12. The lowest BCUT2D eigenvalue weighted by molar-refractivity contribution is 0.0482. The average molecular weight is 341 g/mol. The van der Waals surface area contributed by atoms with E-state index in [9.17, 15) is 4.39 Å². The van der Waals surface area contributed by atoms with Gasteiger partial charge in [0, 0.05) is 34.7 Å². The first-order valence-electron chi connectivity index (χ1n) is 7.52. The highest BCUT2D eigenvalue weighted by Crippen LogP contribution is 2.32. The zero-order valence-electron chi connectivity index (χ0n) is 11.9. The quantitative estimate of drug-likeness (QED) is 0.902. The molecule has 2 atom stereocenters. The van der Waals surface area contributed by atoms with Crippen molar-refractivity contribution in [2.45, 2.75) is 56.8 Å². The molecule has 2 fully saturated rings. The van der Waals surface area contributed by atoms with E-state index in [1.54, 1.807) is 6.07 Å². The molecule has 0 radical (unpaired) electrons. The van der Waals surface area contributed by atoms with Crippen LogP contribution in [0.3, 0.4) is 0 Å². The molecule has 110 valence electrons. The summed E-state index contributed by atoms with van der Waals surface area (Å²) >= 11 is 3.30. The summed E-state index contributed by atoms with van der Waals surface area (Å²) in [6.45, 7) is 0.632. The Labute approximate surface area is 128 Å². The first kappa shape index (κ1) is 14.5. The maximum atomic E-state index is 13.8. The lowest BCUT2D eigenvalue weighted by Crippen LogP contribution is -2.54. The monoisotopic (exact) mass is 340 g/mol. The third kappa shape index (κ3) is 3.07. The van der Waals surface area contributed by atoms with Gasteiger partial charge in [-0.2, -0.15) is 0 Å². The van der Waals surface area contributed by atoms with Crippen molar-refractivity contribution in [1.82, 2.24) is 10.2 Å². The van der Waals surface area contributed by atoms with Gasteiger partial charge in [-0.25, -0.2) is 4.39 Å². The van der Waals surface area contributed by atoms with Gasteiger partial charge in [-0.05, 0) is 44.9 Å². The van der Waals surface area contributed by atoms with Crippen molar-refractivity contribution in [3.8, 4) is 0 Å². The number of hydrogen-bond donors (Lipinski definition) is 1. The molecule has 2 nitrogen and oxygen atoms in total. The van der Waals surface area contributed by atoms with Gasteiger partial charge in [-0.3, -0.25) is 0 Å². The Hall–Kier alpha value is -0.450. The number of nitrogens with one attached hydrogen (secondary N) is 1. The van der Waals surface area contributed by atoms with Crippen molar-refractivity contribution in [2.75, 3.05) is 7.05 Å². The fourth-order valence-corrected chi connectivity index (χ4v) is 4.03. The summed E-state index contributed by atoms with van der Waals surface area (Å²) in [5.74, 6) is -0.125. The van der Waals surface area contributed by atoms with E-state index >= 15 is 0 Å². The minimum absolute atomic E-state index is 0.125. The summed E-state index contributed by atoms with van der Waals surface area (Å²) in [6.07, 6.45) is 6.40. The fraction of sp³-hybridized carbons (Fsp3) is 0.625. The Balaban J connectivity index is 1.59. The Kier molecular flexibility index (Phi) is 4.43. The molecule has 20 heavy (non-hydrogen) atoms. The number of rotatable bonds is 3. The molecule has 1 N–H and O–H groups in total. The van der Waals surface area contributed by atoms with E-state index in [0.717, 1.165) is 22.1 Å². The SMILES string of the molecule is CN1C2CCCC1CC(NCc1ccc(Br)cc1F)C2. The molecule has 2 saturated heterocycles. The van der Waals surface area contributed by atoms with Crippen LogP contribution in [0.15, 0.2) is 22.7 Å². The van der Waals surface area contributed by atoms with Crippen LogP contribution < -0.4 is 5.32 Å². The lowest BCUT2D eigenvalue weighted by Gasteiger charge is -2.47. The Morgan fingerprint density at radius 3 is 2.65 bits per heavy atom. The predicted molar refractivity (Wildman–Crippen MR) is 83.2 cm³/mol. The van der Waals surface area contributed by atoms with Crippen molar-refractivity contribution in [2.24, 2.45) is 0 Å². The molecule has 0 aliphatic carbocycles. The normalized spacial score (nSPS) is 30.4. The molecule has 1 aromatic rings. The second-order valence-corrected chi connectivity index (χ2v) is 7.10. The molecule has 2 unspecified atom stereocenters. The Morgan fingerprint density at radius 2 is 2.00 bits per heavy atom. The van der Waals surface area contributed by atoms with Gasteiger partial charge in [0.05, 0.1) is 0 Å². The van der Waals surface area contributed by atoms with Crippen LogP contribution >= 0.6 is 15.9 Å². The molecule has 2 heterocycles. The maximum absolute atomic E-state index is 13.8. The summed E-state index contributed by atoms with van der Waals surface area (Å²) in [6, 6.07) is 7.28. The molecule has 3 rings (SSSR count). The van der Waals surface area contributed by atoms with Gasteiger partial charge in [0.2, 0.25) is 0 Å². The van der Waals surface area contributed by atoms with Crippen LogP contribution in [0.4, 0.5) is 4.39 Å². The predicted octanol–water partition coefficient (Wildman–Crippen LogP) is 3.69. The third-order valence-electron chi connectivity index (χ3n) is 4.94. The topological polar surface area (TPSA) is 15.3 Å². The molecule has 0 aromatic heterocycles. The number of nitrogens with zero attached hydrogens (tertiary/aromatic N) is 1. The first-order valence-corrected chi connectivity index (χ1v) is 8.32. The van der Waals surface area contributed by atoms with Crippen LogP contribution in [0.25, 0.3) is 0 Å². The Bertz CT molecular complexity index is 466. The number of hydrogen-bond acceptors (Lipinski definition) is 2. The molecule has 4 heteroatoms. The van der Waals surface area contributed by atoms with E-state index < -0.39 is 0 Å². The largest absolute Gasteiger partial charge is 0.310 e. The average Bonchev–Trinajstić information content (AvgIpc) is 2.38. The van der Waals surface area contributed by atoms with Crippen LogP contribution in [0.2, 0.25) is 0 Å². The second-order valence-electron chi connectivity index (χ2n) is 6.19. The van der Waals surface area contributed by atoms with E-state index in [1.807, 2.05) is 12.1 Å². The van der Waals surface area contributed by atoms with E-state index in [2.05, 4.69) is 33.2 Å². The first-order chi connectivity index (χ1) is 9.63. The third-order valence-corrected chi connectivity index (χ3v) is 5.43. The van der Waals surface area contributed by atoms with Gasteiger partial charge < -0.3 is 10.2 Å². The van der Waals surface area contributed by atoms with Gasteiger partial charge in [-0.15, -0.1) is 0 Å². The summed E-state index contributed by atoms with van der Waals surface area (Å²) in [7, 11) is 2.26. The molecule has 0 spiro atoms. The molecule has 2 aliphatic heterocycles. The van der Waals surface area contributed by atoms with Gasteiger partial charge in [0.15, 0.2) is 0 Å². The minimum Gasteiger partial charge on any atom is -0.310 e. The highest BCUT2D eigenvalue weighted by atomic mass is 79.9. The van der Waals surface area contributed by atoms with Gasteiger partial charge in [0.25, 0.3) is 0 Å². The van der Waals surface area contributed by atoms with Crippen molar-refractivity contribution in [3.05, 3.63) is 34.1 Å². The molecular weight excluding hydrogens is 319 g/mol. The van der Waals surface area contributed by atoms with E-state index in [0.29, 0.717) is 12.6 Å².